The third-order valence-corrected chi connectivity index (χ3v) is 7.11. The van der Waals surface area contributed by atoms with Crippen molar-refractivity contribution in [3.63, 3.8) is 0 Å². The van der Waals surface area contributed by atoms with Gasteiger partial charge in [0.15, 0.2) is 58.2 Å². The summed E-state index contributed by atoms with van der Waals surface area (Å²) in [5, 5.41) is 47.3. The second-order valence-electron chi connectivity index (χ2n) is 9.64. The SMILES string of the molecule is Cc1c(F)c(C(F)(F)F)c(F)c(F)c1/C(C#N)=C1/C(=C(C#N)c2c(F)c(F)c(C#N)c(F)c2F)/C1=C(/C#N)c1c(F)c(F)c(C#N)c(F)c1F. The number of hydrogen-bond acceptors (Lipinski definition) is 5. The Labute approximate surface area is 267 Å². The fourth-order valence-electron chi connectivity index (χ4n) is 4.87. The molecule has 0 saturated heterocycles. The van der Waals surface area contributed by atoms with Gasteiger partial charge in [-0.25, -0.2) is 48.3 Å². The standard InChI is InChI=1S/C31H3F14N5/c1-7-13(25(37)30(42)19(20(7)32)31(43,44)45)8(2-46)14-15(9(3-47)17-26(38)21(33)11(5-49)22(34)27(17)39)16(14)10(4-48)18-28(40)23(35)12(6-50)24(36)29(18)41/h1H3/b14-8-,15-9?,16-10-. The van der Waals surface area contributed by atoms with Crippen molar-refractivity contribution in [3.05, 3.63) is 120 Å². The smallest absolute Gasteiger partial charge is 0.206 e. The van der Waals surface area contributed by atoms with Gasteiger partial charge in [0.1, 0.15) is 52.9 Å². The van der Waals surface area contributed by atoms with Crippen molar-refractivity contribution in [3.8, 4) is 30.3 Å². The number of nitrogens with zero attached hydrogens (tertiary/aromatic N) is 5. The Balaban J connectivity index is 2.38. The highest BCUT2D eigenvalue weighted by Crippen LogP contribution is 2.57. The van der Waals surface area contributed by atoms with Crippen molar-refractivity contribution in [2.75, 3.05) is 0 Å². The average molecular weight is 711 g/mol. The second kappa shape index (κ2) is 12.4. The summed E-state index contributed by atoms with van der Waals surface area (Å²) in [6.07, 6.45) is -5.91. The molecule has 1 aliphatic rings. The summed E-state index contributed by atoms with van der Waals surface area (Å²) in [5.41, 5.74) is -23.6. The van der Waals surface area contributed by atoms with Gasteiger partial charge in [-0.15, -0.1) is 0 Å². The Bertz CT molecular complexity index is 2230. The molecule has 50 heavy (non-hydrogen) atoms. The van der Waals surface area contributed by atoms with E-state index in [1.165, 1.54) is 0 Å². The molecule has 1 fully saturated rings. The normalized spacial score (nSPS) is 15.3. The van der Waals surface area contributed by atoms with Gasteiger partial charge in [-0.05, 0) is 12.5 Å². The predicted molar refractivity (Wildman–Crippen MR) is 136 cm³/mol. The highest BCUT2D eigenvalue weighted by atomic mass is 19.4. The third kappa shape index (κ3) is 5.06. The maximum atomic E-state index is 15.3. The van der Waals surface area contributed by atoms with Crippen molar-refractivity contribution < 1.29 is 61.5 Å². The molecule has 0 unspecified atom stereocenters. The van der Waals surface area contributed by atoms with Crippen LogP contribution < -0.4 is 0 Å². The minimum atomic E-state index is -5.91. The van der Waals surface area contributed by atoms with Crippen molar-refractivity contribution in [2.45, 2.75) is 13.1 Å². The van der Waals surface area contributed by atoms with E-state index in [1.807, 2.05) is 0 Å². The molecule has 0 spiro atoms. The molecule has 250 valence electrons. The quantitative estimate of drug-likeness (QED) is 0.153. The number of hydrogen-bond donors (Lipinski definition) is 0. The van der Waals surface area contributed by atoms with E-state index in [9.17, 15) is 55.3 Å². The molecule has 4 rings (SSSR count). The molecular formula is C31H3F14N5. The molecule has 3 aromatic carbocycles. The lowest BCUT2D eigenvalue weighted by Gasteiger charge is -2.15. The Kier molecular flexibility index (Phi) is 8.99. The molecule has 19 heteroatoms. The zero-order valence-corrected chi connectivity index (χ0v) is 23.5. The molecule has 3 aromatic rings. The average Bonchev–Trinajstić information content (AvgIpc) is 3.77. The zero-order valence-electron chi connectivity index (χ0n) is 23.5. The largest absolute Gasteiger partial charge is 0.422 e. The number of allylic oxidation sites excluding steroid dienone is 6. The summed E-state index contributed by atoms with van der Waals surface area (Å²) in [6, 6.07) is 4.43. The van der Waals surface area contributed by atoms with Crippen molar-refractivity contribution in [1.82, 2.24) is 0 Å². The van der Waals surface area contributed by atoms with Crippen molar-refractivity contribution in [2.24, 2.45) is 0 Å². The number of halogens is 14. The van der Waals surface area contributed by atoms with Crippen molar-refractivity contribution in [1.29, 1.82) is 26.3 Å². The van der Waals surface area contributed by atoms with Gasteiger partial charge in [0.2, 0.25) is 0 Å². The number of benzene rings is 3. The van der Waals surface area contributed by atoms with Crippen LogP contribution in [0.4, 0.5) is 61.5 Å². The molecule has 0 aliphatic heterocycles. The van der Waals surface area contributed by atoms with Gasteiger partial charge >= 0.3 is 6.18 Å². The molecule has 1 aliphatic carbocycles. The lowest BCUT2D eigenvalue weighted by atomic mass is 9.95. The van der Waals surface area contributed by atoms with Gasteiger partial charge < -0.3 is 0 Å². The zero-order chi connectivity index (χ0) is 37.9. The van der Waals surface area contributed by atoms with Crippen LogP contribution in [0.2, 0.25) is 0 Å². The monoisotopic (exact) mass is 711 g/mol. The number of alkyl halides is 3. The summed E-state index contributed by atoms with van der Waals surface area (Å²) in [6.45, 7) is 0.335. The van der Waals surface area contributed by atoms with Crippen molar-refractivity contribution >= 4 is 16.7 Å². The van der Waals surface area contributed by atoms with Crippen LogP contribution in [-0.2, 0) is 6.18 Å². The van der Waals surface area contributed by atoms with E-state index in [4.69, 9.17) is 10.5 Å². The van der Waals surface area contributed by atoms with E-state index >= 15 is 22.0 Å². The topological polar surface area (TPSA) is 119 Å². The Morgan fingerprint density at radius 2 is 0.700 bits per heavy atom. The van der Waals surface area contributed by atoms with Gasteiger partial charge in [-0.1, -0.05) is 0 Å². The van der Waals surface area contributed by atoms with Crippen LogP contribution in [0.1, 0.15) is 38.9 Å². The molecule has 0 aromatic heterocycles. The number of rotatable bonds is 3. The third-order valence-electron chi connectivity index (χ3n) is 7.11. The predicted octanol–water partition coefficient (Wildman–Crippen LogP) is 8.53. The van der Waals surface area contributed by atoms with E-state index in [0.29, 0.717) is 6.92 Å². The van der Waals surface area contributed by atoms with E-state index in [1.54, 1.807) is 0 Å². The molecular weight excluding hydrogens is 708 g/mol. The Hall–Kier alpha value is -6.65. The molecule has 0 bridgehead atoms. The van der Waals surface area contributed by atoms with Crippen LogP contribution in [-0.4, -0.2) is 0 Å². The van der Waals surface area contributed by atoms with E-state index in [2.05, 4.69) is 0 Å². The maximum Gasteiger partial charge on any atom is 0.422 e. The van der Waals surface area contributed by atoms with E-state index in [-0.39, 0.29) is 0 Å². The van der Waals surface area contributed by atoms with Crippen LogP contribution in [0.15, 0.2) is 16.7 Å². The first-order valence-electron chi connectivity index (χ1n) is 12.5. The lowest BCUT2D eigenvalue weighted by molar-refractivity contribution is -0.142. The van der Waals surface area contributed by atoms with E-state index < -0.39 is 143 Å². The fourth-order valence-corrected chi connectivity index (χ4v) is 4.87. The summed E-state index contributed by atoms with van der Waals surface area (Å²) in [4.78, 5) is 0. The summed E-state index contributed by atoms with van der Waals surface area (Å²) < 4.78 is 203. The van der Waals surface area contributed by atoms with Crippen LogP contribution in [0.3, 0.4) is 0 Å². The highest BCUT2D eigenvalue weighted by molar-refractivity contribution is 6.12. The molecule has 1 saturated carbocycles. The van der Waals surface area contributed by atoms with Crippen LogP contribution in [0, 0.1) is 128 Å². The Morgan fingerprint density at radius 3 is 0.960 bits per heavy atom. The number of nitriles is 5. The van der Waals surface area contributed by atoms with Gasteiger partial charge in [-0.2, -0.15) is 39.5 Å². The summed E-state index contributed by atoms with van der Waals surface area (Å²) in [7, 11) is 0. The van der Waals surface area contributed by atoms with Crippen LogP contribution in [0.25, 0.3) is 16.7 Å². The first-order valence-corrected chi connectivity index (χ1v) is 12.5. The highest BCUT2D eigenvalue weighted by Gasteiger charge is 2.47. The minimum absolute atomic E-state index is 0.335. The first-order chi connectivity index (χ1) is 23.3. The molecule has 5 nitrogen and oxygen atoms in total. The van der Waals surface area contributed by atoms with Gasteiger partial charge in [-0.3, -0.25) is 0 Å². The molecule has 0 radical (unpaired) electrons. The van der Waals surface area contributed by atoms with Gasteiger partial charge in [0.05, 0.1) is 27.8 Å². The van der Waals surface area contributed by atoms with Crippen LogP contribution >= 0.6 is 0 Å². The van der Waals surface area contributed by atoms with Crippen LogP contribution in [0.5, 0.6) is 0 Å². The summed E-state index contributed by atoms with van der Waals surface area (Å²) >= 11 is 0. The summed E-state index contributed by atoms with van der Waals surface area (Å²) in [5.74, 6) is -28.2. The molecule has 0 N–H and O–H groups in total. The lowest BCUT2D eigenvalue weighted by Crippen LogP contribution is -2.16. The fraction of sp³-hybridized carbons (Fsp3) is 0.0645. The molecule has 0 heterocycles. The van der Waals surface area contributed by atoms with Gasteiger partial charge in [0, 0.05) is 22.3 Å². The Morgan fingerprint density at radius 1 is 0.420 bits per heavy atom. The minimum Gasteiger partial charge on any atom is -0.206 e. The molecule has 0 amide bonds. The second-order valence-corrected chi connectivity index (χ2v) is 9.64. The first kappa shape index (κ1) is 36.2. The van der Waals surface area contributed by atoms with Gasteiger partial charge in [0.25, 0.3) is 0 Å². The molecule has 0 atom stereocenters. The maximum absolute atomic E-state index is 15.3. The van der Waals surface area contributed by atoms with E-state index in [0.717, 1.165) is 30.3 Å².